The van der Waals surface area contributed by atoms with Crippen molar-refractivity contribution in [1.82, 2.24) is 10.3 Å². The van der Waals surface area contributed by atoms with Crippen molar-refractivity contribution in [2.75, 3.05) is 6.54 Å². The van der Waals surface area contributed by atoms with Crippen LogP contribution in [0.25, 0.3) is 0 Å². The van der Waals surface area contributed by atoms with Gasteiger partial charge in [-0.25, -0.2) is 4.39 Å². The molecule has 2 N–H and O–H groups in total. The second-order valence-corrected chi connectivity index (χ2v) is 4.80. The van der Waals surface area contributed by atoms with E-state index in [0.717, 1.165) is 30.6 Å². The van der Waals surface area contributed by atoms with Crippen LogP contribution in [0.3, 0.4) is 0 Å². The Bertz CT molecular complexity index is 691. The first-order valence-electron chi connectivity index (χ1n) is 6.47. The van der Waals surface area contributed by atoms with Crippen molar-refractivity contribution in [2.45, 2.75) is 11.8 Å². The van der Waals surface area contributed by atoms with Crippen molar-refractivity contribution in [3.05, 3.63) is 65.7 Å². The van der Waals surface area contributed by atoms with Gasteiger partial charge in [0.25, 0.3) is 5.91 Å². The molecule has 0 spiro atoms. The van der Waals surface area contributed by atoms with Crippen molar-refractivity contribution >= 4 is 5.91 Å². The molecule has 122 valence electrons. The minimum atomic E-state index is -5.01. The van der Waals surface area contributed by atoms with Gasteiger partial charge in [0.15, 0.2) is 0 Å². The van der Waals surface area contributed by atoms with Gasteiger partial charge in [0.2, 0.25) is 5.60 Å². The number of carbonyl (C=O) groups excluding carboxylic acids is 1. The summed E-state index contributed by atoms with van der Waals surface area (Å²) in [6, 6.07) is 7.20. The summed E-state index contributed by atoms with van der Waals surface area (Å²) < 4.78 is 52.7. The summed E-state index contributed by atoms with van der Waals surface area (Å²) in [5.41, 5.74) is -3.92. The number of alkyl halides is 3. The molecule has 0 bridgehead atoms. The molecule has 2 rings (SSSR count). The average Bonchev–Trinajstić information content (AvgIpc) is 2.52. The number of rotatable bonds is 4. The molecule has 0 aliphatic carbocycles. The molecule has 0 aliphatic rings. The Kier molecular flexibility index (Phi) is 4.65. The van der Waals surface area contributed by atoms with Crippen molar-refractivity contribution in [2.24, 2.45) is 0 Å². The van der Waals surface area contributed by atoms with Gasteiger partial charge in [-0.15, -0.1) is 0 Å². The van der Waals surface area contributed by atoms with E-state index in [1.807, 2.05) is 5.32 Å². The highest BCUT2D eigenvalue weighted by atomic mass is 19.4. The predicted molar refractivity (Wildman–Crippen MR) is 72.9 cm³/mol. The maximum atomic E-state index is 13.2. The smallest absolute Gasteiger partial charge is 0.375 e. The predicted octanol–water partition coefficient (Wildman–Crippen LogP) is 2.40. The number of amides is 1. The zero-order valence-electron chi connectivity index (χ0n) is 11.6. The zero-order chi connectivity index (χ0) is 17.1. The van der Waals surface area contributed by atoms with Gasteiger partial charge in [-0.3, -0.25) is 9.78 Å². The number of halogens is 4. The Morgan fingerprint density at radius 1 is 1.17 bits per heavy atom. The van der Waals surface area contributed by atoms with Crippen LogP contribution in [-0.2, 0) is 5.60 Å². The molecule has 0 radical (unpaired) electrons. The molecule has 23 heavy (non-hydrogen) atoms. The SMILES string of the molecule is O=C(NC[C@@](O)(c1ccccc1)C(F)(F)F)c1cncc(F)c1. The molecule has 1 heterocycles. The quantitative estimate of drug-likeness (QED) is 0.847. The number of hydrogen-bond acceptors (Lipinski definition) is 3. The molecule has 1 atom stereocenters. The van der Waals surface area contributed by atoms with E-state index in [1.165, 1.54) is 18.2 Å². The van der Waals surface area contributed by atoms with Crippen LogP contribution in [0.1, 0.15) is 15.9 Å². The minimum absolute atomic E-state index is 0.248. The lowest BCUT2D eigenvalue weighted by Crippen LogP contribution is -2.51. The number of benzene rings is 1. The van der Waals surface area contributed by atoms with E-state index in [2.05, 4.69) is 4.98 Å². The summed E-state index contributed by atoms with van der Waals surface area (Å²) in [6.45, 7) is -1.12. The number of pyridine rings is 1. The van der Waals surface area contributed by atoms with Gasteiger partial charge < -0.3 is 10.4 Å². The zero-order valence-corrected chi connectivity index (χ0v) is 11.6. The number of carbonyl (C=O) groups is 1. The van der Waals surface area contributed by atoms with Crippen LogP contribution < -0.4 is 5.32 Å². The van der Waals surface area contributed by atoms with Crippen LogP contribution in [0.4, 0.5) is 17.6 Å². The number of hydrogen-bond donors (Lipinski definition) is 2. The molecule has 0 saturated carbocycles. The van der Waals surface area contributed by atoms with Gasteiger partial charge in [0.1, 0.15) is 5.82 Å². The third kappa shape index (κ3) is 3.65. The molecule has 1 aromatic carbocycles. The van der Waals surface area contributed by atoms with Gasteiger partial charge in [-0.05, 0) is 11.6 Å². The summed E-state index contributed by atoms with van der Waals surface area (Å²) in [7, 11) is 0. The molecule has 0 unspecified atom stereocenters. The van der Waals surface area contributed by atoms with Crippen LogP contribution in [0.15, 0.2) is 48.8 Å². The van der Waals surface area contributed by atoms with Crippen molar-refractivity contribution in [3.8, 4) is 0 Å². The summed E-state index contributed by atoms with van der Waals surface area (Å²) in [5, 5.41) is 12.0. The van der Waals surface area contributed by atoms with Gasteiger partial charge in [0.05, 0.1) is 18.3 Å². The highest BCUT2D eigenvalue weighted by Crippen LogP contribution is 2.38. The first kappa shape index (κ1) is 16.9. The lowest BCUT2D eigenvalue weighted by molar-refractivity contribution is -0.263. The fourth-order valence-corrected chi connectivity index (χ4v) is 1.93. The molecule has 1 aromatic heterocycles. The largest absolute Gasteiger partial charge is 0.423 e. The lowest BCUT2D eigenvalue weighted by atomic mass is 9.93. The third-order valence-electron chi connectivity index (χ3n) is 3.19. The Labute approximate surface area is 128 Å². The van der Waals surface area contributed by atoms with Crippen molar-refractivity contribution < 1.29 is 27.5 Å². The first-order valence-corrected chi connectivity index (χ1v) is 6.47. The van der Waals surface area contributed by atoms with Gasteiger partial charge in [0, 0.05) is 6.20 Å². The molecule has 0 saturated heterocycles. The van der Waals surface area contributed by atoms with E-state index in [-0.39, 0.29) is 5.56 Å². The van der Waals surface area contributed by atoms with E-state index in [4.69, 9.17) is 0 Å². The van der Waals surface area contributed by atoms with Crippen molar-refractivity contribution in [1.29, 1.82) is 0 Å². The van der Waals surface area contributed by atoms with E-state index in [9.17, 15) is 27.5 Å². The van der Waals surface area contributed by atoms with Crippen LogP contribution in [0.2, 0.25) is 0 Å². The molecular formula is C15H12F4N2O2. The molecule has 0 fully saturated rings. The Morgan fingerprint density at radius 2 is 1.83 bits per heavy atom. The van der Waals surface area contributed by atoms with E-state index >= 15 is 0 Å². The topological polar surface area (TPSA) is 62.2 Å². The number of aromatic nitrogens is 1. The molecule has 0 aliphatic heterocycles. The van der Waals surface area contributed by atoms with E-state index in [0.29, 0.717) is 0 Å². The Balaban J connectivity index is 2.22. The van der Waals surface area contributed by atoms with E-state index in [1.54, 1.807) is 0 Å². The normalized spacial score (nSPS) is 14.1. The summed E-state index contributed by atoms with van der Waals surface area (Å²) in [5.74, 6) is -1.78. The number of aliphatic hydroxyl groups is 1. The number of nitrogens with zero attached hydrogens (tertiary/aromatic N) is 1. The second kappa shape index (κ2) is 6.33. The minimum Gasteiger partial charge on any atom is -0.375 e. The summed E-state index contributed by atoms with van der Waals surface area (Å²) in [4.78, 5) is 15.2. The Morgan fingerprint density at radius 3 is 2.39 bits per heavy atom. The monoisotopic (exact) mass is 328 g/mol. The highest BCUT2D eigenvalue weighted by Gasteiger charge is 2.55. The van der Waals surface area contributed by atoms with Gasteiger partial charge in [-0.1, -0.05) is 30.3 Å². The maximum Gasteiger partial charge on any atom is 0.423 e. The molecular weight excluding hydrogens is 316 g/mol. The highest BCUT2D eigenvalue weighted by molar-refractivity contribution is 5.93. The summed E-state index contributed by atoms with van der Waals surface area (Å²) >= 11 is 0. The number of nitrogens with one attached hydrogen (secondary N) is 1. The van der Waals surface area contributed by atoms with Gasteiger partial charge in [-0.2, -0.15) is 13.2 Å². The van der Waals surface area contributed by atoms with Gasteiger partial charge >= 0.3 is 6.18 Å². The van der Waals surface area contributed by atoms with E-state index < -0.39 is 35.6 Å². The van der Waals surface area contributed by atoms with Crippen LogP contribution in [-0.4, -0.2) is 28.7 Å². The molecule has 2 aromatic rings. The average molecular weight is 328 g/mol. The van der Waals surface area contributed by atoms with Crippen molar-refractivity contribution in [3.63, 3.8) is 0 Å². The fourth-order valence-electron chi connectivity index (χ4n) is 1.93. The standard InChI is InChI=1S/C15H12F4N2O2/c16-12-6-10(7-20-8-12)13(22)21-9-14(23,15(17,18)19)11-4-2-1-3-5-11/h1-8,23H,9H2,(H,21,22)/t14-/m1/s1. The second-order valence-electron chi connectivity index (χ2n) is 4.80. The molecule has 1 amide bonds. The molecule has 8 heteroatoms. The van der Waals surface area contributed by atoms with Crippen LogP contribution in [0, 0.1) is 5.82 Å². The fraction of sp³-hybridized carbons (Fsp3) is 0.200. The van der Waals surface area contributed by atoms with Crippen LogP contribution in [0.5, 0.6) is 0 Å². The maximum absolute atomic E-state index is 13.2. The Hall–Kier alpha value is -2.48. The molecule has 4 nitrogen and oxygen atoms in total. The van der Waals surface area contributed by atoms with Crippen LogP contribution >= 0.6 is 0 Å². The lowest BCUT2D eigenvalue weighted by Gasteiger charge is -2.31. The third-order valence-corrected chi connectivity index (χ3v) is 3.19. The summed E-state index contributed by atoms with van der Waals surface area (Å²) in [6.07, 6.45) is -3.15. The first-order chi connectivity index (χ1) is 10.7.